The first kappa shape index (κ1) is 17.7. The van der Waals surface area contributed by atoms with Gasteiger partial charge < -0.3 is 15.5 Å². The summed E-state index contributed by atoms with van der Waals surface area (Å²) in [5.41, 5.74) is 1.15. The Morgan fingerprint density at radius 1 is 1.23 bits per heavy atom. The standard InChI is InChI=1S/C16H23N3O3/c1-5-11(2)17-16(22)10-19(13(4)21)15-8-6-7-14(9-15)18-12(3)20/h6-9,11H,5,10H2,1-4H3,(H,17,22)(H,18,20). The summed E-state index contributed by atoms with van der Waals surface area (Å²) >= 11 is 0. The van der Waals surface area contributed by atoms with Crippen LogP contribution >= 0.6 is 0 Å². The van der Waals surface area contributed by atoms with E-state index >= 15 is 0 Å². The topological polar surface area (TPSA) is 78.5 Å². The lowest BCUT2D eigenvalue weighted by Gasteiger charge is -2.22. The van der Waals surface area contributed by atoms with Gasteiger partial charge in [0, 0.05) is 31.3 Å². The second-order valence-corrected chi connectivity index (χ2v) is 5.21. The molecule has 0 bridgehead atoms. The van der Waals surface area contributed by atoms with Gasteiger partial charge in [-0.1, -0.05) is 13.0 Å². The zero-order valence-electron chi connectivity index (χ0n) is 13.5. The SMILES string of the molecule is CCC(C)NC(=O)CN(C(C)=O)c1cccc(NC(C)=O)c1. The van der Waals surface area contributed by atoms with Crippen molar-refractivity contribution in [1.82, 2.24) is 5.32 Å². The Morgan fingerprint density at radius 3 is 2.45 bits per heavy atom. The summed E-state index contributed by atoms with van der Waals surface area (Å²) < 4.78 is 0. The number of nitrogens with one attached hydrogen (secondary N) is 2. The number of hydrogen-bond acceptors (Lipinski definition) is 3. The minimum atomic E-state index is -0.237. The van der Waals surface area contributed by atoms with Crippen molar-refractivity contribution in [1.29, 1.82) is 0 Å². The normalized spacial score (nSPS) is 11.5. The predicted molar refractivity (Wildman–Crippen MR) is 86.7 cm³/mol. The molecule has 3 amide bonds. The molecule has 1 unspecified atom stereocenters. The fourth-order valence-electron chi connectivity index (χ4n) is 1.91. The number of rotatable bonds is 6. The Hall–Kier alpha value is -2.37. The minimum absolute atomic E-state index is 0.0524. The van der Waals surface area contributed by atoms with Gasteiger partial charge >= 0.3 is 0 Å². The summed E-state index contributed by atoms with van der Waals surface area (Å²) in [6.07, 6.45) is 0.823. The van der Waals surface area contributed by atoms with Crippen molar-refractivity contribution >= 4 is 29.1 Å². The van der Waals surface area contributed by atoms with Gasteiger partial charge in [0.2, 0.25) is 17.7 Å². The molecule has 0 radical (unpaired) electrons. The molecule has 2 N–H and O–H groups in total. The second kappa shape index (κ2) is 8.17. The monoisotopic (exact) mass is 305 g/mol. The average Bonchev–Trinajstić information content (AvgIpc) is 2.43. The molecule has 0 aliphatic carbocycles. The molecule has 1 atom stereocenters. The van der Waals surface area contributed by atoms with Crippen LogP contribution in [0.25, 0.3) is 0 Å². The lowest BCUT2D eigenvalue weighted by Crippen LogP contribution is -2.42. The summed E-state index contributed by atoms with van der Waals surface area (Å²) in [5.74, 6) is -0.644. The van der Waals surface area contributed by atoms with Crippen LogP contribution in [0.4, 0.5) is 11.4 Å². The van der Waals surface area contributed by atoms with Crippen molar-refractivity contribution < 1.29 is 14.4 Å². The van der Waals surface area contributed by atoms with E-state index in [4.69, 9.17) is 0 Å². The summed E-state index contributed by atoms with van der Waals surface area (Å²) in [5, 5.41) is 5.49. The number of amides is 3. The fraction of sp³-hybridized carbons (Fsp3) is 0.438. The predicted octanol–water partition coefficient (Wildman–Crippen LogP) is 1.91. The van der Waals surface area contributed by atoms with Gasteiger partial charge in [-0.05, 0) is 31.5 Å². The molecule has 0 saturated heterocycles. The maximum absolute atomic E-state index is 12.0. The fourth-order valence-corrected chi connectivity index (χ4v) is 1.91. The molecule has 22 heavy (non-hydrogen) atoms. The van der Waals surface area contributed by atoms with E-state index in [2.05, 4.69) is 10.6 Å². The van der Waals surface area contributed by atoms with Gasteiger partial charge in [-0.2, -0.15) is 0 Å². The number of anilines is 2. The van der Waals surface area contributed by atoms with Crippen LogP contribution in [0.2, 0.25) is 0 Å². The highest BCUT2D eigenvalue weighted by Gasteiger charge is 2.17. The second-order valence-electron chi connectivity index (χ2n) is 5.21. The van der Waals surface area contributed by atoms with E-state index in [1.54, 1.807) is 24.3 Å². The smallest absolute Gasteiger partial charge is 0.240 e. The maximum Gasteiger partial charge on any atom is 0.240 e. The van der Waals surface area contributed by atoms with Gasteiger partial charge in [0.05, 0.1) is 0 Å². The Kier molecular flexibility index (Phi) is 6.56. The van der Waals surface area contributed by atoms with Crippen LogP contribution in [0.15, 0.2) is 24.3 Å². The van der Waals surface area contributed by atoms with Gasteiger partial charge in [0.15, 0.2) is 0 Å². The first-order chi connectivity index (χ1) is 10.3. The van der Waals surface area contributed by atoms with E-state index in [0.717, 1.165) is 6.42 Å². The molecule has 0 aromatic heterocycles. The Bertz CT molecular complexity index is 557. The first-order valence-corrected chi connectivity index (χ1v) is 7.28. The van der Waals surface area contributed by atoms with E-state index in [1.165, 1.54) is 18.7 Å². The molecule has 6 nitrogen and oxygen atoms in total. The highest BCUT2D eigenvalue weighted by atomic mass is 16.2. The van der Waals surface area contributed by atoms with Gasteiger partial charge in [-0.25, -0.2) is 0 Å². The van der Waals surface area contributed by atoms with Crippen LogP contribution in [-0.2, 0) is 14.4 Å². The molecule has 0 aliphatic heterocycles. The summed E-state index contributed by atoms with van der Waals surface area (Å²) in [7, 11) is 0. The zero-order valence-corrected chi connectivity index (χ0v) is 13.5. The summed E-state index contributed by atoms with van der Waals surface area (Å²) in [6, 6.07) is 6.90. The van der Waals surface area contributed by atoms with Crippen LogP contribution in [0, 0.1) is 0 Å². The molecular weight excluding hydrogens is 282 g/mol. The van der Waals surface area contributed by atoms with E-state index < -0.39 is 0 Å². The van der Waals surface area contributed by atoms with Crippen LogP contribution in [0.5, 0.6) is 0 Å². The van der Waals surface area contributed by atoms with Crippen molar-refractivity contribution in [2.75, 3.05) is 16.8 Å². The summed E-state index contributed by atoms with van der Waals surface area (Å²) in [4.78, 5) is 36.3. The number of benzene rings is 1. The van der Waals surface area contributed by atoms with E-state index in [9.17, 15) is 14.4 Å². The number of carbonyl (C=O) groups is 3. The van der Waals surface area contributed by atoms with E-state index in [-0.39, 0.29) is 30.3 Å². The van der Waals surface area contributed by atoms with Crippen molar-refractivity contribution in [2.45, 2.75) is 40.2 Å². The molecule has 0 heterocycles. The lowest BCUT2D eigenvalue weighted by atomic mass is 10.2. The van der Waals surface area contributed by atoms with Gasteiger partial charge in [-0.15, -0.1) is 0 Å². The van der Waals surface area contributed by atoms with E-state index in [0.29, 0.717) is 11.4 Å². The number of carbonyl (C=O) groups excluding carboxylic acids is 3. The van der Waals surface area contributed by atoms with Crippen molar-refractivity contribution in [3.8, 4) is 0 Å². The summed E-state index contributed by atoms with van der Waals surface area (Å²) in [6.45, 7) is 6.65. The third-order valence-corrected chi connectivity index (χ3v) is 3.18. The van der Waals surface area contributed by atoms with Crippen molar-refractivity contribution in [2.24, 2.45) is 0 Å². The molecule has 0 saturated carbocycles. The third kappa shape index (κ3) is 5.55. The van der Waals surface area contributed by atoms with E-state index in [1.807, 2.05) is 13.8 Å². The minimum Gasteiger partial charge on any atom is -0.352 e. The molecule has 1 aromatic carbocycles. The molecular formula is C16H23N3O3. The Labute approximate surface area is 130 Å². The molecule has 1 aromatic rings. The van der Waals surface area contributed by atoms with Crippen LogP contribution in [0.3, 0.4) is 0 Å². The molecule has 1 rings (SSSR count). The quantitative estimate of drug-likeness (QED) is 0.842. The van der Waals surface area contributed by atoms with Crippen LogP contribution in [0.1, 0.15) is 34.1 Å². The van der Waals surface area contributed by atoms with Crippen molar-refractivity contribution in [3.05, 3.63) is 24.3 Å². The number of nitrogens with zero attached hydrogens (tertiary/aromatic N) is 1. The Balaban J connectivity index is 2.89. The van der Waals surface area contributed by atoms with Crippen molar-refractivity contribution in [3.63, 3.8) is 0 Å². The van der Waals surface area contributed by atoms with Crippen LogP contribution < -0.4 is 15.5 Å². The zero-order chi connectivity index (χ0) is 16.7. The molecule has 120 valence electrons. The molecule has 0 spiro atoms. The Morgan fingerprint density at radius 2 is 1.91 bits per heavy atom. The van der Waals surface area contributed by atoms with Crippen LogP contribution in [-0.4, -0.2) is 30.3 Å². The molecule has 6 heteroatoms. The molecule has 0 aliphatic rings. The highest BCUT2D eigenvalue weighted by molar-refractivity contribution is 5.98. The number of hydrogen-bond donors (Lipinski definition) is 2. The lowest BCUT2D eigenvalue weighted by molar-refractivity contribution is -0.123. The van der Waals surface area contributed by atoms with Gasteiger partial charge in [0.1, 0.15) is 6.54 Å². The third-order valence-electron chi connectivity index (χ3n) is 3.18. The average molecular weight is 305 g/mol. The molecule has 0 fully saturated rings. The first-order valence-electron chi connectivity index (χ1n) is 7.28. The maximum atomic E-state index is 12.0. The van der Waals surface area contributed by atoms with Gasteiger partial charge in [-0.3, -0.25) is 14.4 Å². The van der Waals surface area contributed by atoms with Gasteiger partial charge in [0.25, 0.3) is 0 Å². The highest BCUT2D eigenvalue weighted by Crippen LogP contribution is 2.19. The largest absolute Gasteiger partial charge is 0.352 e.